The van der Waals surface area contributed by atoms with Gasteiger partial charge in [-0.05, 0) is 42.8 Å². The SMILES string of the molecule is CC(=O)CNc1ncc(-c2ccc(Oc3ncc(NC(=O)NC4=CC=CC(C(F)(F)F)C4)cn3)cc2)s1. The molecule has 13 heteroatoms. The van der Waals surface area contributed by atoms with Gasteiger partial charge < -0.3 is 20.7 Å². The Kier molecular flexibility index (Phi) is 7.82. The molecular formula is C24H21F3N6O3S. The summed E-state index contributed by atoms with van der Waals surface area (Å²) in [5, 5.41) is 8.49. The molecule has 2 aromatic heterocycles. The number of anilines is 2. The molecule has 1 aromatic carbocycles. The Bertz CT molecular complexity index is 1320. The normalized spacial score (nSPS) is 15.0. The number of hydrogen-bond donors (Lipinski definition) is 3. The zero-order valence-electron chi connectivity index (χ0n) is 19.4. The van der Waals surface area contributed by atoms with Crippen molar-refractivity contribution >= 4 is 34.0 Å². The molecule has 3 N–H and O–H groups in total. The predicted octanol–water partition coefficient (Wildman–Crippen LogP) is 5.54. The average Bonchev–Trinajstić information content (AvgIpc) is 3.33. The van der Waals surface area contributed by atoms with Gasteiger partial charge in [-0.15, -0.1) is 0 Å². The molecule has 2 amide bonds. The molecule has 3 aromatic rings. The minimum atomic E-state index is -4.38. The number of carbonyl (C=O) groups is 2. The molecule has 1 aliphatic rings. The minimum absolute atomic E-state index is 0.0184. The number of ketones is 1. The van der Waals surface area contributed by atoms with Crippen LogP contribution >= 0.6 is 11.3 Å². The summed E-state index contributed by atoms with van der Waals surface area (Å²) < 4.78 is 44.3. The van der Waals surface area contributed by atoms with Crippen molar-refractivity contribution in [3.8, 4) is 22.2 Å². The number of halogens is 3. The van der Waals surface area contributed by atoms with Gasteiger partial charge in [0.25, 0.3) is 0 Å². The van der Waals surface area contributed by atoms with Crippen molar-refractivity contribution in [1.29, 1.82) is 0 Å². The summed E-state index contributed by atoms with van der Waals surface area (Å²) in [5.41, 5.74) is 1.30. The Hall–Kier alpha value is -4.26. The van der Waals surface area contributed by atoms with E-state index in [4.69, 9.17) is 4.74 Å². The van der Waals surface area contributed by atoms with Crippen LogP contribution in [0.5, 0.6) is 11.8 Å². The lowest BCUT2D eigenvalue weighted by Gasteiger charge is -2.21. The molecule has 0 bridgehead atoms. The number of thiazole rings is 1. The molecule has 37 heavy (non-hydrogen) atoms. The zero-order chi connectivity index (χ0) is 26.4. The summed E-state index contributed by atoms with van der Waals surface area (Å²) in [4.78, 5) is 36.5. The van der Waals surface area contributed by atoms with E-state index >= 15 is 0 Å². The van der Waals surface area contributed by atoms with Crippen molar-refractivity contribution in [2.45, 2.75) is 19.5 Å². The fraction of sp³-hybridized carbons (Fsp3) is 0.208. The van der Waals surface area contributed by atoms with Crippen molar-refractivity contribution in [1.82, 2.24) is 20.3 Å². The van der Waals surface area contributed by atoms with Gasteiger partial charge in [-0.3, -0.25) is 4.79 Å². The van der Waals surface area contributed by atoms with Crippen molar-refractivity contribution in [2.75, 3.05) is 17.2 Å². The van der Waals surface area contributed by atoms with Crippen LogP contribution in [0.2, 0.25) is 0 Å². The van der Waals surface area contributed by atoms with Crippen LogP contribution in [0, 0.1) is 5.92 Å². The molecule has 1 aliphatic carbocycles. The molecule has 0 radical (unpaired) electrons. The number of amides is 2. The maximum Gasteiger partial charge on any atom is 0.395 e. The molecule has 2 heterocycles. The number of benzene rings is 1. The minimum Gasteiger partial charge on any atom is -0.424 e. The van der Waals surface area contributed by atoms with E-state index in [2.05, 4.69) is 30.9 Å². The van der Waals surface area contributed by atoms with Gasteiger partial charge in [-0.25, -0.2) is 19.7 Å². The molecule has 0 saturated heterocycles. The van der Waals surface area contributed by atoms with Gasteiger partial charge in [0.05, 0.1) is 35.4 Å². The highest BCUT2D eigenvalue weighted by Gasteiger charge is 2.39. The molecule has 0 spiro atoms. The van der Waals surface area contributed by atoms with Gasteiger partial charge in [0.15, 0.2) is 5.13 Å². The largest absolute Gasteiger partial charge is 0.424 e. The lowest BCUT2D eigenvalue weighted by molar-refractivity contribution is -0.161. The van der Waals surface area contributed by atoms with Crippen molar-refractivity contribution < 1.29 is 27.5 Å². The number of carbonyl (C=O) groups excluding carboxylic acids is 2. The maximum absolute atomic E-state index is 12.9. The fourth-order valence-corrected chi connectivity index (χ4v) is 4.04. The summed E-state index contributed by atoms with van der Waals surface area (Å²) in [6.45, 7) is 1.72. The Morgan fingerprint density at radius 1 is 1.08 bits per heavy atom. The van der Waals surface area contributed by atoms with Crippen molar-refractivity contribution in [3.05, 3.63) is 66.8 Å². The molecule has 0 fully saturated rings. The van der Waals surface area contributed by atoms with Gasteiger partial charge in [0.2, 0.25) is 0 Å². The second kappa shape index (κ2) is 11.2. The molecule has 1 unspecified atom stereocenters. The average molecular weight is 531 g/mol. The van der Waals surface area contributed by atoms with E-state index in [1.807, 2.05) is 12.1 Å². The first-order valence-corrected chi connectivity index (χ1v) is 11.8. The third-order valence-electron chi connectivity index (χ3n) is 5.00. The lowest BCUT2D eigenvalue weighted by atomic mass is 9.98. The van der Waals surface area contributed by atoms with Crippen LogP contribution in [0.15, 0.2) is 66.8 Å². The summed E-state index contributed by atoms with van der Waals surface area (Å²) in [6, 6.07) is 6.49. The molecule has 192 valence electrons. The van der Waals surface area contributed by atoms with Gasteiger partial charge in [0, 0.05) is 18.3 Å². The molecule has 9 nitrogen and oxygen atoms in total. The number of aromatic nitrogens is 3. The first-order valence-electron chi connectivity index (χ1n) is 11.0. The lowest BCUT2D eigenvalue weighted by Crippen LogP contribution is -2.32. The standard InChI is InChI=1S/C24H21F3N6O3S/c1-14(34)10-30-23-31-13-20(37-23)15-5-7-19(8-6-15)36-22-28-11-18(12-29-22)33-21(35)32-17-4-2-3-16(9-17)24(25,26)27/h2-8,11-13,16H,9-10H2,1H3,(H,30,31)(H2,32,33,35). The van der Waals surface area contributed by atoms with Gasteiger partial charge in [0.1, 0.15) is 11.5 Å². The Morgan fingerprint density at radius 3 is 2.49 bits per heavy atom. The van der Waals surface area contributed by atoms with E-state index in [1.54, 1.807) is 18.3 Å². The van der Waals surface area contributed by atoms with E-state index in [-0.39, 0.29) is 36.1 Å². The van der Waals surface area contributed by atoms with Gasteiger partial charge in [-0.2, -0.15) is 13.2 Å². The van der Waals surface area contributed by atoms with Crippen LogP contribution in [0.3, 0.4) is 0 Å². The number of alkyl halides is 3. The molecule has 1 atom stereocenters. The second-order valence-electron chi connectivity index (χ2n) is 7.97. The molecular weight excluding hydrogens is 509 g/mol. The molecule has 0 aliphatic heterocycles. The Balaban J connectivity index is 1.29. The number of urea groups is 1. The number of rotatable bonds is 8. The number of nitrogens with one attached hydrogen (secondary N) is 3. The predicted molar refractivity (Wildman–Crippen MR) is 132 cm³/mol. The summed E-state index contributed by atoms with van der Waals surface area (Å²) in [7, 11) is 0. The number of Topliss-reactive ketones (excluding diaryl/α,β-unsaturated/α-hetero) is 1. The third kappa shape index (κ3) is 7.36. The quantitative estimate of drug-likeness (QED) is 0.350. The van der Waals surface area contributed by atoms with Gasteiger partial charge >= 0.3 is 18.2 Å². The topological polar surface area (TPSA) is 118 Å². The Morgan fingerprint density at radius 2 is 1.81 bits per heavy atom. The van der Waals surface area contributed by atoms with Crippen molar-refractivity contribution in [3.63, 3.8) is 0 Å². The number of ether oxygens (including phenoxy) is 1. The van der Waals surface area contributed by atoms with Crippen LogP contribution in [0.1, 0.15) is 13.3 Å². The highest BCUT2D eigenvalue weighted by atomic mass is 32.1. The zero-order valence-corrected chi connectivity index (χ0v) is 20.2. The van der Waals surface area contributed by atoms with E-state index in [0.717, 1.165) is 16.5 Å². The van der Waals surface area contributed by atoms with E-state index < -0.39 is 18.1 Å². The van der Waals surface area contributed by atoms with E-state index in [0.29, 0.717) is 10.9 Å². The number of nitrogens with zero attached hydrogens (tertiary/aromatic N) is 3. The highest BCUT2D eigenvalue weighted by molar-refractivity contribution is 7.18. The van der Waals surface area contributed by atoms with E-state index in [9.17, 15) is 22.8 Å². The fourth-order valence-electron chi connectivity index (χ4n) is 3.22. The first-order chi connectivity index (χ1) is 17.7. The van der Waals surface area contributed by atoms with Crippen LogP contribution < -0.4 is 20.7 Å². The number of allylic oxidation sites excluding steroid dienone is 4. The molecule has 4 rings (SSSR count). The van der Waals surface area contributed by atoms with Gasteiger partial charge in [-0.1, -0.05) is 23.5 Å². The highest BCUT2D eigenvalue weighted by Crippen LogP contribution is 2.34. The van der Waals surface area contributed by atoms with Crippen molar-refractivity contribution in [2.24, 2.45) is 5.92 Å². The third-order valence-corrected chi connectivity index (χ3v) is 6.01. The van der Waals surface area contributed by atoms with Crippen LogP contribution in [-0.4, -0.2) is 39.5 Å². The Labute approximate surface area is 213 Å². The first kappa shape index (κ1) is 25.8. The van der Waals surface area contributed by atoms with Crippen LogP contribution in [0.25, 0.3) is 10.4 Å². The smallest absolute Gasteiger partial charge is 0.395 e. The summed E-state index contributed by atoms with van der Waals surface area (Å²) >= 11 is 1.42. The summed E-state index contributed by atoms with van der Waals surface area (Å²) in [6.07, 6.45) is 3.35. The summed E-state index contributed by atoms with van der Waals surface area (Å²) in [5.74, 6) is -1.14. The second-order valence-corrected chi connectivity index (χ2v) is 9.00. The van der Waals surface area contributed by atoms with Crippen LogP contribution in [0.4, 0.5) is 28.8 Å². The maximum atomic E-state index is 12.9. The molecule has 0 saturated carbocycles. The number of hydrogen-bond acceptors (Lipinski definition) is 8. The van der Waals surface area contributed by atoms with E-state index in [1.165, 1.54) is 42.8 Å². The monoisotopic (exact) mass is 530 g/mol. The van der Waals surface area contributed by atoms with Crippen LogP contribution in [-0.2, 0) is 4.79 Å².